The number of hydrogen-bond donors (Lipinski definition) is 1. The SMILES string of the molecule is CCOc1ccc2c(c1)c(=O)c(C(=O)c1ccccc1)cn2CC(=O)Nc1ccccc1C. The summed E-state index contributed by atoms with van der Waals surface area (Å²) in [6.45, 7) is 4.15. The van der Waals surface area contributed by atoms with Gasteiger partial charge in [0, 0.05) is 17.4 Å². The molecule has 1 heterocycles. The predicted octanol–water partition coefficient (Wildman–Crippen LogP) is 4.58. The molecule has 0 spiro atoms. The highest BCUT2D eigenvalue weighted by molar-refractivity contribution is 6.10. The molecule has 0 saturated carbocycles. The first-order valence-corrected chi connectivity index (χ1v) is 10.7. The maximum absolute atomic E-state index is 13.3. The molecular formula is C27H24N2O4. The lowest BCUT2D eigenvalue weighted by atomic mass is 10.0. The van der Waals surface area contributed by atoms with Gasteiger partial charge in [0.1, 0.15) is 12.3 Å². The van der Waals surface area contributed by atoms with Gasteiger partial charge >= 0.3 is 0 Å². The summed E-state index contributed by atoms with van der Waals surface area (Å²) in [5, 5.41) is 3.23. The van der Waals surface area contributed by atoms with Gasteiger partial charge < -0.3 is 14.6 Å². The molecule has 0 radical (unpaired) electrons. The van der Waals surface area contributed by atoms with Crippen LogP contribution >= 0.6 is 0 Å². The van der Waals surface area contributed by atoms with E-state index in [9.17, 15) is 14.4 Å². The molecule has 0 fully saturated rings. The van der Waals surface area contributed by atoms with Crippen LogP contribution in [0.2, 0.25) is 0 Å². The summed E-state index contributed by atoms with van der Waals surface area (Å²) in [4.78, 5) is 39.3. The van der Waals surface area contributed by atoms with Crippen LogP contribution in [0.15, 0.2) is 83.8 Å². The first-order valence-electron chi connectivity index (χ1n) is 10.7. The van der Waals surface area contributed by atoms with E-state index in [4.69, 9.17) is 4.74 Å². The number of nitrogens with one attached hydrogen (secondary N) is 1. The Balaban J connectivity index is 1.79. The molecule has 1 N–H and O–H groups in total. The predicted molar refractivity (Wildman–Crippen MR) is 129 cm³/mol. The van der Waals surface area contributed by atoms with Gasteiger partial charge in [-0.2, -0.15) is 0 Å². The van der Waals surface area contributed by atoms with Crippen LogP contribution in [0.25, 0.3) is 10.9 Å². The van der Waals surface area contributed by atoms with E-state index in [1.54, 1.807) is 53.1 Å². The number of ether oxygens (including phenoxy) is 1. The summed E-state index contributed by atoms with van der Waals surface area (Å²) < 4.78 is 7.19. The molecule has 0 unspecified atom stereocenters. The van der Waals surface area contributed by atoms with E-state index >= 15 is 0 Å². The topological polar surface area (TPSA) is 77.4 Å². The van der Waals surface area contributed by atoms with Crippen LogP contribution in [0, 0.1) is 6.92 Å². The van der Waals surface area contributed by atoms with E-state index in [1.165, 1.54) is 6.20 Å². The number of hydrogen-bond acceptors (Lipinski definition) is 4. The highest BCUT2D eigenvalue weighted by atomic mass is 16.5. The molecule has 1 amide bonds. The number of aryl methyl sites for hydroxylation is 1. The number of ketones is 1. The monoisotopic (exact) mass is 440 g/mol. The van der Waals surface area contributed by atoms with Crippen molar-refractivity contribution in [3.05, 3.63) is 106 Å². The zero-order valence-corrected chi connectivity index (χ0v) is 18.5. The number of pyridine rings is 1. The number of anilines is 1. The van der Waals surface area contributed by atoms with E-state index in [0.717, 1.165) is 5.56 Å². The van der Waals surface area contributed by atoms with Gasteiger partial charge in [-0.05, 0) is 43.7 Å². The number of aromatic nitrogens is 1. The van der Waals surface area contributed by atoms with Crippen LogP contribution in [-0.2, 0) is 11.3 Å². The van der Waals surface area contributed by atoms with Gasteiger partial charge in [0.25, 0.3) is 0 Å². The standard InChI is InChI=1S/C27H24N2O4/c1-3-33-20-13-14-24-21(15-20)27(32)22(26(31)19-10-5-4-6-11-19)16-29(24)17-25(30)28-23-12-8-7-9-18(23)2/h4-16H,3,17H2,1-2H3,(H,28,30). The average molecular weight is 440 g/mol. The maximum Gasteiger partial charge on any atom is 0.244 e. The number of nitrogens with zero attached hydrogens (tertiary/aromatic N) is 1. The fourth-order valence-corrected chi connectivity index (χ4v) is 3.73. The van der Waals surface area contributed by atoms with Gasteiger partial charge in [-0.15, -0.1) is 0 Å². The molecule has 6 nitrogen and oxygen atoms in total. The first kappa shape index (κ1) is 22.0. The molecule has 4 rings (SSSR count). The Labute approximate surface area is 191 Å². The summed E-state index contributed by atoms with van der Waals surface area (Å²) in [5.41, 5.74) is 2.23. The van der Waals surface area contributed by atoms with Gasteiger partial charge in [0.2, 0.25) is 11.3 Å². The molecule has 0 aliphatic rings. The zero-order valence-electron chi connectivity index (χ0n) is 18.5. The lowest BCUT2D eigenvalue weighted by molar-refractivity contribution is -0.116. The van der Waals surface area contributed by atoms with Crippen molar-refractivity contribution in [3.63, 3.8) is 0 Å². The summed E-state index contributed by atoms with van der Waals surface area (Å²) >= 11 is 0. The fraction of sp³-hybridized carbons (Fsp3) is 0.148. The smallest absolute Gasteiger partial charge is 0.244 e. The Hall–Kier alpha value is -4.19. The van der Waals surface area contributed by atoms with E-state index in [2.05, 4.69) is 5.32 Å². The average Bonchev–Trinajstić information content (AvgIpc) is 2.83. The van der Waals surface area contributed by atoms with Crippen LogP contribution in [0.1, 0.15) is 28.4 Å². The second kappa shape index (κ2) is 9.53. The Morgan fingerprint density at radius 3 is 2.42 bits per heavy atom. The van der Waals surface area contributed by atoms with Crippen molar-refractivity contribution >= 4 is 28.3 Å². The molecule has 1 aromatic heterocycles. The van der Waals surface area contributed by atoms with Crippen molar-refractivity contribution in [3.8, 4) is 5.75 Å². The quantitative estimate of drug-likeness (QED) is 0.427. The number of rotatable bonds is 7. The second-order valence-corrected chi connectivity index (χ2v) is 7.67. The third kappa shape index (κ3) is 4.70. The maximum atomic E-state index is 13.3. The minimum absolute atomic E-state index is 0.00559. The van der Waals surface area contributed by atoms with E-state index < -0.39 is 11.2 Å². The van der Waals surface area contributed by atoms with Crippen molar-refractivity contribution in [2.75, 3.05) is 11.9 Å². The van der Waals surface area contributed by atoms with Crippen molar-refractivity contribution in [2.45, 2.75) is 20.4 Å². The highest BCUT2D eigenvalue weighted by Crippen LogP contribution is 2.21. The minimum Gasteiger partial charge on any atom is -0.494 e. The molecule has 3 aromatic carbocycles. The van der Waals surface area contributed by atoms with Crippen molar-refractivity contribution < 1.29 is 14.3 Å². The molecular weight excluding hydrogens is 416 g/mol. The van der Waals surface area contributed by atoms with Crippen LogP contribution in [0.4, 0.5) is 5.69 Å². The molecule has 0 aliphatic carbocycles. The molecule has 166 valence electrons. The summed E-state index contributed by atoms with van der Waals surface area (Å²) in [6.07, 6.45) is 1.47. The Bertz CT molecular complexity index is 1390. The van der Waals surface area contributed by atoms with Gasteiger partial charge in [-0.3, -0.25) is 14.4 Å². The van der Waals surface area contributed by atoms with E-state index in [-0.39, 0.29) is 18.0 Å². The largest absolute Gasteiger partial charge is 0.494 e. The van der Waals surface area contributed by atoms with Gasteiger partial charge in [-0.1, -0.05) is 48.5 Å². The van der Waals surface area contributed by atoms with Crippen LogP contribution in [0.5, 0.6) is 5.75 Å². The fourth-order valence-electron chi connectivity index (χ4n) is 3.73. The van der Waals surface area contributed by atoms with E-state index in [0.29, 0.717) is 34.5 Å². The number of fused-ring (bicyclic) bond motifs is 1. The Kier molecular flexibility index (Phi) is 6.36. The lowest BCUT2D eigenvalue weighted by Crippen LogP contribution is -2.24. The normalized spacial score (nSPS) is 10.7. The van der Waals surface area contributed by atoms with E-state index in [1.807, 2.05) is 38.1 Å². The molecule has 0 atom stereocenters. The second-order valence-electron chi connectivity index (χ2n) is 7.67. The molecule has 6 heteroatoms. The molecule has 33 heavy (non-hydrogen) atoms. The van der Waals surface area contributed by atoms with Crippen molar-refractivity contribution in [2.24, 2.45) is 0 Å². The van der Waals surface area contributed by atoms with Crippen LogP contribution < -0.4 is 15.5 Å². The number of para-hydroxylation sites is 1. The number of amides is 1. The molecule has 0 aliphatic heterocycles. The molecule has 4 aromatic rings. The third-order valence-corrected chi connectivity index (χ3v) is 5.38. The minimum atomic E-state index is -0.393. The highest BCUT2D eigenvalue weighted by Gasteiger charge is 2.19. The number of benzene rings is 3. The summed E-state index contributed by atoms with van der Waals surface area (Å²) in [5.74, 6) is -0.124. The van der Waals surface area contributed by atoms with Crippen molar-refractivity contribution in [1.29, 1.82) is 0 Å². The Morgan fingerprint density at radius 2 is 1.70 bits per heavy atom. The van der Waals surface area contributed by atoms with Crippen molar-refractivity contribution in [1.82, 2.24) is 4.57 Å². The summed E-state index contributed by atoms with van der Waals surface area (Å²) in [6, 6.07) is 21.2. The molecule has 0 bridgehead atoms. The van der Waals surface area contributed by atoms with Gasteiger partial charge in [0.05, 0.1) is 23.1 Å². The number of carbonyl (C=O) groups excluding carboxylic acids is 2. The van der Waals surface area contributed by atoms with Crippen LogP contribution in [0.3, 0.4) is 0 Å². The van der Waals surface area contributed by atoms with Crippen LogP contribution in [-0.4, -0.2) is 22.9 Å². The molecule has 0 saturated heterocycles. The lowest BCUT2D eigenvalue weighted by Gasteiger charge is -2.15. The van der Waals surface area contributed by atoms with Gasteiger partial charge in [-0.25, -0.2) is 0 Å². The Morgan fingerprint density at radius 1 is 0.970 bits per heavy atom. The van der Waals surface area contributed by atoms with Gasteiger partial charge in [0.15, 0.2) is 5.78 Å². The third-order valence-electron chi connectivity index (χ3n) is 5.38. The summed E-state index contributed by atoms with van der Waals surface area (Å²) in [7, 11) is 0. The number of carbonyl (C=O) groups is 2. The zero-order chi connectivity index (χ0) is 23.4. The first-order chi connectivity index (χ1) is 16.0.